The van der Waals surface area contributed by atoms with Gasteiger partial charge in [-0.15, -0.1) is 0 Å². The molecule has 1 aliphatic heterocycles. The number of carbonyl (C=O) groups is 3. The molecule has 1 saturated heterocycles. The Kier molecular flexibility index (Phi) is 6.64. The van der Waals surface area contributed by atoms with Gasteiger partial charge in [-0.1, -0.05) is 12.1 Å². The second-order valence-corrected chi connectivity index (χ2v) is 7.72. The lowest BCUT2D eigenvalue weighted by Gasteiger charge is -2.25. The van der Waals surface area contributed by atoms with E-state index in [1.807, 2.05) is 0 Å². The summed E-state index contributed by atoms with van der Waals surface area (Å²) >= 11 is 0. The standard InChI is InChI=1S/C27H22FNO6/c1-3-35-27(33)18-6-12-20(13-7-18)29-23(16-4-10-19(28)11-5-16)22(25(31)26(29)32)24(30)17-8-14-21(34-2)15-9-17/h4-15,23,30H,3H2,1-2H3/b24-22+/t23-/m1/s1. The van der Waals surface area contributed by atoms with Gasteiger partial charge in [0.1, 0.15) is 17.3 Å². The molecule has 0 bridgehead atoms. The number of amides is 1. The van der Waals surface area contributed by atoms with Crippen molar-refractivity contribution in [2.75, 3.05) is 18.6 Å². The Hall–Kier alpha value is -4.46. The Labute approximate surface area is 201 Å². The number of aliphatic hydroxyl groups excluding tert-OH is 1. The molecule has 0 aliphatic carbocycles. The van der Waals surface area contributed by atoms with Crippen molar-refractivity contribution in [3.8, 4) is 5.75 Å². The molecular weight excluding hydrogens is 453 g/mol. The van der Waals surface area contributed by atoms with E-state index in [1.54, 1.807) is 31.2 Å². The third kappa shape index (κ3) is 4.50. The van der Waals surface area contributed by atoms with Crippen LogP contribution in [0, 0.1) is 5.82 Å². The smallest absolute Gasteiger partial charge is 0.338 e. The second kappa shape index (κ2) is 9.80. The zero-order valence-electron chi connectivity index (χ0n) is 19.0. The van der Waals surface area contributed by atoms with Crippen LogP contribution >= 0.6 is 0 Å². The number of ketones is 1. The zero-order valence-corrected chi connectivity index (χ0v) is 19.0. The lowest BCUT2D eigenvalue weighted by Crippen LogP contribution is -2.29. The van der Waals surface area contributed by atoms with Crippen LogP contribution in [-0.4, -0.2) is 36.5 Å². The van der Waals surface area contributed by atoms with Gasteiger partial charge in [-0.3, -0.25) is 14.5 Å². The highest BCUT2D eigenvalue weighted by Crippen LogP contribution is 2.42. The number of ether oxygens (including phenoxy) is 2. The molecule has 0 saturated carbocycles. The topological polar surface area (TPSA) is 93.1 Å². The molecule has 178 valence electrons. The lowest BCUT2D eigenvalue weighted by atomic mass is 9.95. The highest BCUT2D eigenvalue weighted by Gasteiger charge is 2.47. The van der Waals surface area contributed by atoms with Crippen LogP contribution in [0.5, 0.6) is 5.75 Å². The first-order valence-electron chi connectivity index (χ1n) is 10.8. The Bertz CT molecular complexity index is 1300. The Morgan fingerprint density at radius 3 is 2.11 bits per heavy atom. The largest absolute Gasteiger partial charge is 0.507 e. The molecule has 1 amide bonds. The van der Waals surface area contributed by atoms with Crippen molar-refractivity contribution in [3.05, 3.63) is 101 Å². The van der Waals surface area contributed by atoms with Gasteiger partial charge in [0, 0.05) is 11.3 Å². The van der Waals surface area contributed by atoms with E-state index in [-0.39, 0.29) is 23.5 Å². The minimum Gasteiger partial charge on any atom is -0.507 e. The van der Waals surface area contributed by atoms with Crippen LogP contribution in [0.3, 0.4) is 0 Å². The summed E-state index contributed by atoms with van der Waals surface area (Å²) < 4.78 is 23.8. The number of hydrogen-bond acceptors (Lipinski definition) is 6. The molecule has 4 rings (SSSR count). The van der Waals surface area contributed by atoms with E-state index in [0.717, 1.165) is 0 Å². The molecule has 0 radical (unpaired) electrons. The number of halogens is 1. The van der Waals surface area contributed by atoms with Crippen molar-refractivity contribution in [2.45, 2.75) is 13.0 Å². The first kappa shape index (κ1) is 23.7. The van der Waals surface area contributed by atoms with Gasteiger partial charge in [-0.25, -0.2) is 9.18 Å². The van der Waals surface area contributed by atoms with Gasteiger partial charge in [0.25, 0.3) is 11.7 Å². The van der Waals surface area contributed by atoms with Crippen LogP contribution in [0.2, 0.25) is 0 Å². The quantitative estimate of drug-likeness (QED) is 0.242. The molecule has 0 aromatic heterocycles. The molecule has 0 unspecified atom stereocenters. The molecule has 3 aromatic rings. The molecule has 35 heavy (non-hydrogen) atoms. The Balaban J connectivity index is 1.84. The van der Waals surface area contributed by atoms with Crippen molar-refractivity contribution in [3.63, 3.8) is 0 Å². The minimum absolute atomic E-state index is 0.138. The maximum atomic E-state index is 13.7. The summed E-state index contributed by atoms with van der Waals surface area (Å²) in [4.78, 5) is 39.6. The van der Waals surface area contributed by atoms with E-state index >= 15 is 0 Å². The van der Waals surface area contributed by atoms with Gasteiger partial charge in [0.2, 0.25) is 0 Å². The first-order valence-corrected chi connectivity index (χ1v) is 10.8. The van der Waals surface area contributed by atoms with Crippen LogP contribution in [0.25, 0.3) is 5.76 Å². The van der Waals surface area contributed by atoms with Crippen molar-refractivity contribution in [1.82, 2.24) is 0 Å². The zero-order chi connectivity index (χ0) is 25.1. The summed E-state index contributed by atoms with van der Waals surface area (Å²) in [5, 5.41) is 11.1. The number of aliphatic hydroxyl groups is 1. The summed E-state index contributed by atoms with van der Waals surface area (Å²) in [5.74, 6) is -2.57. The summed E-state index contributed by atoms with van der Waals surface area (Å²) in [7, 11) is 1.50. The van der Waals surface area contributed by atoms with Crippen molar-refractivity contribution in [2.24, 2.45) is 0 Å². The normalized spacial score (nSPS) is 16.9. The van der Waals surface area contributed by atoms with Crippen LogP contribution in [-0.2, 0) is 14.3 Å². The number of esters is 1. The average molecular weight is 475 g/mol. The van der Waals surface area contributed by atoms with Crippen LogP contribution in [0.1, 0.15) is 34.5 Å². The molecule has 1 N–H and O–H groups in total. The number of hydrogen-bond donors (Lipinski definition) is 1. The SMILES string of the molecule is CCOC(=O)c1ccc(N2C(=O)C(=O)/C(=C(/O)c3ccc(OC)cc3)[C@H]2c2ccc(F)cc2)cc1. The molecule has 7 nitrogen and oxygen atoms in total. The van der Waals surface area contributed by atoms with Gasteiger partial charge < -0.3 is 14.6 Å². The lowest BCUT2D eigenvalue weighted by molar-refractivity contribution is -0.132. The van der Waals surface area contributed by atoms with Crippen molar-refractivity contribution < 1.29 is 33.4 Å². The minimum atomic E-state index is -1.02. The number of carbonyl (C=O) groups excluding carboxylic acids is 3. The summed E-state index contributed by atoms with van der Waals surface area (Å²) in [6.07, 6.45) is 0. The van der Waals surface area contributed by atoms with Gasteiger partial charge in [-0.2, -0.15) is 0 Å². The number of anilines is 1. The third-order valence-corrected chi connectivity index (χ3v) is 5.65. The van der Waals surface area contributed by atoms with Gasteiger partial charge in [-0.05, 0) is 73.2 Å². The van der Waals surface area contributed by atoms with Crippen LogP contribution in [0.4, 0.5) is 10.1 Å². The number of benzene rings is 3. The molecule has 1 heterocycles. The molecular formula is C27H22FNO6. The first-order chi connectivity index (χ1) is 16.8. The van der Waals surface area contributed by atoms with E-state index in [2.05, 4.69) is 0 Å². The molecule has 3 aromatic carbocycles. The van der Waals surface area contributed by atoms with Gasteiger partial charge in [0.05, 0.1) is 30.9 Å². The van der Waals surface area contributed by atoms with Gasteiger partial charge in [0.15, 0.2) is 0 Å². The highest BCUT2D eigenvalue weighted by atomic mass is 19.1. The monoisotopic (exact) mass is 475 g/mol. The third-order valence-electron chi connectivity index (χ3n) is 5.65. The number of nitrogens with zero attached hydrogens (tertiary/aromatic N) is 1. The molecule has 0 spiro atoms. The van der Waals surface area contributed by atoms with Crippen LogP contribution < -0.4 is 9.64 Å². The fourth-order valence-corrected chi connectivity index (χ4v) is 3.94. The average Bonchev–Trinajstić information content (AvgIpc) is 3.14. The maximum absolute atomic E-state index is 13.7. The number of Topliss-reactive ketones (excluding diaryl/α,β-unsaturated/α-hetero) is 1. The van der Waals surface area contributed by atoms with E-state index in [0.29, 0.717) is 22.6 Å². The number of rotatable bonds is 6. The summed E-state index contributed by atoms with van der Waals surface area (Å²) in [6, 6.07) is 16.7. The molecule has 1 aliphatic rings. The predicted octanol–water partition coefficient (Wildman–Crippen LogP) is 4.64. The van der Waals surface area contributed by atoms with E-state index < -0.39 is 29.5 Å². The molecule has 1 atom stereocenters. The van der Waals surface area contributed by atoms with Crippen molar-refractivity contribution >= 4 is 29.1 Å². The summed E-state index contributed by atoms with van der Waals surface area (Å²) in [5.41, 5.74) is 1.21. The van der Waals surface area contributed by atoms with Crippen LogP contribution in [0.15, 0.2) is 78.4 Å². The van der Waals surface area contributed by atoms with E-state index in [4.69, 9.17) is 9.47 Å². The van der Waals surface area contributed by atoms with Gasteiger partial charge >= 0.3 is 5.97 Å². The van der Waals surface area contributed by atoms with E-state index in [9.17, 15) is 23.9 Å². The highest BCUT2D eigenvalue weighted by molar-refractivity contribution is 6.51. The fourth-order valence-electron chi connectivity index (χ4n) is 3.94. The molecule has 1 fully saturated rings. The molecule has 8 heteroatoms. The number of methoxy groups -OCH3 is 1. The van der Waals surface area contributed by atoms with E-state index in [1.165, 1.54) is 60.5 Å². The summed E-state index contributed by atoms with van der Waals surface area (Å²) in [6.45, 7) is 1.91. The Morgan fingerprint density at radius 1 is 0.943 bits per heavy atom. The van der Waals surface area contributed by atoms with Crippen molar-refractivity contribution in [1.29, 1.82) is 0 Å². The predicted molar refractivity (Wildman–Crippen MR) is 127 cm³/mol. The second-order valence-electron chi connectivity index (χ2n) is 7.72. The Morgan fingerprint density at radius 2 is 1.54 bits per heavy atom. The fraction of sp³-hybridized carbons (Fsp3) is 0.148. The maximum Gasteiger partial charge on any atom is 0.338 e.